The summed E-state index contributed by atoms with van der Waals surface area (Å²) in [5.41, 5.74) is 7.23. The van der Waals surface area contributed by atoms with Crippen LogP contribution in [0.3, 0.4) is 0 Å². The van der Waals surface area contributed by atoms with Crippen LogP contribution in [0.5, 0.6) is 11.5 Å². The maximum absolute atomic E-state index is 14.1. The monoisotopic (exact) mass is 265 g/mol. The van der Waals surface area contributed by atoms with Crippen LogP contribution < -0.4 is 15.2 Å². The number of furan rings is 1. The summed E-state index contributed by atoms with van der Waals surface area (Å²) in [6.07, 6.45) is 1.53. The topological polar surface area (TPSA) is 57.6 Å². The molecule has 0 spiro atoms. The van der Waals surface area contributed by atoms with Gasteiger partial charge >= 0.3 is 0 Å². The molecule has 2 rings (SSSR count). The van der Waals surface area contributed by atoms with Gasteiger partial charge in [-0.15, -0.1) is 0 Å². The van der Waals surface area contributed by atoms with Crippen molar-refractivity contribution in [3.05, 3.63) is 47.2 Å². The van der Waals surface area contributed by atoms with Crippen molar-refractivity contribution in [2.24, 2.45) is 5.73 Å². The van der Waals surface area contributed by atoms with Crippen molar-refractivity contribution in [1.82, 2.24) is 0 Å². The second-order valence-corrected chi connectivity index (χ2v) is 4.17. The summed E-state index contributed by atoms with van der Waals surface area (Å²) >= 11 is 0. The van der Waals surface area contributed by atoms with E-state index in [0.717, 1.165) is 5.56 Å². The first-order valence-electron chi connectivity index (χ1n) is 5.79. The van der Waals surface area contributed by atoms with Crippen molar-refractivity contribution in [3.63, 3.8) is 0 Å². The van der Waals surface area contributed by atoms with Crippen LogP contribution in [-0.2, 0) is 0 Å². The smallest absolute Gasteiger partial charge is 0.163 e. The molecule has 0 saturated carbocycles. The zero-order chi connectivity index (χ0) is 14.0. The van der Waals surface area contributed by atoms with E-state index in [1.807, 2.05) is 6.92 Å². The van der Waals surface area contributed by atoms with E-state index >= 15 is 0 Å². The van der Waals surface area contributed by atoms with Gasteiger partial charge in [-0.25, -0.2) is 4.39 Å². The summed E-state index contributed by atoms with van der Waals surface area (Å²) in [5, 5.41) is 0. The number of ether oxygens (including phenoxy) is 2. The van der Waals surface area contributed by atoms with Crippen molar-refractivity contribution >= 4 is 0 Å². The SMILES string of the molecule is COc1cc(F)c(C(N)c2occc2C)cc1OC. The fraction of sp³-hybridized carbons (Fsp3) is 0.286. The molecule has 4 nitrogen and oxygen atoms in total. The molecule has 0 saturated heterocycles. The van der Waals surface area contributed by atoms with Crippen LogP contribution in [0.1, 0.15) is 22.9 Å². The Balaban J connectivity index is 2.48. The van der Waals surface area contributed by atoms with Gasteiger partial charge in [-0.1, -0.05) is 0 Å². The zero-order valence-electron chi connectivity index (χ0n) is 11.1. The fourth-order valence-corrected chi connectivity index (χ4v) is 1.95. The molecule has 2 aromatic rings. The number of halogens is 1. The Kier molecular flexibility index (Phi) is 3.76. The Morgan fingerprint density at radius 3 is 2.37 bits per heavy atom. The quantitative estimate of drug-likeness (QED) is 0.923. The molecule has 5 heteroatoms. The Morgan fingerprint density at radius 1 is 1.21 bits per heavy atom. The molecule has 1 unspecified atom stereocenters. The predicted octanol–water partition coefficient (Wildman–Crippen LogP) is 2.79. The molecule has 1 aromatic carbocycles. The van der Waals surface area contributed by atoms with Crippen LogP contribution in [0, 0.1) is 12.7 Å². The van der Waals surface area contributed by atoms with Crippen molar-refractivity contribution in [3.8, 4) is 11.5 Å². The maximum atomic E-state index is 14.1. The van der Waals surface area contributed by atoms with E-state index in [9.17, 15) is 4.39 Å². The van der Waals surface area contributed by atoms with E-state index < -0.39 is 11.9 Å². The molecule has 0 fully saturated rings. The van der Waals surface area contributed by atoms with Gasteiger partial charge in [0, 0.05) is 11.6 Å². The molecule has 0 bridgehead atoms. The van der Waals surface area contributed by atoms with E-state index in [1.54, 1.807) is 6.07 Å². The van der Waals surface area contributed by atoms with Crippen molar-refractivity contribution in [2.75, 3.05) is 14.2 Å². The highest BCUT2D eigenvalue weighted by molar-refractivity contribution is 5.46. The predicted molar refractivity (Wildman–Crippen MR) is 69.0 cm³/mol. The summed E-state index contributed by atoms with van der Waals surface area (Å²) in [5.74, 6) is 0.831. The van der Waals surface area contributed by atoms with Crippen molar-refractivity contribution in [2.45, 2.75) is 13.0 Å². The number of rotatable bonds is 4. The summed E-state index contributed by atoms with van der Waals surface area (Å²) < 4.78 is 29.6. The van der Waals surface area contributed by atoms with E-state index in [-0.39, 0.29) is 0 Å². The Hall–Kier alpha value is -2.01. The fourth-order valence-electron chi connectivity index (χ4n) is 1.95. The molecular formula is C14H16FNO3. The maximum Gasteiger partial charge on any atom is 0.163 e. The van der Waals surface area contributed by atoms with E-state index in [2.05, 4.69) is 0 Å². The van der Waals surface area contributed by atoms with E-state index in [1.165, 1.54) is 32.6 Å². The number of hydrogen-bond donors (Lipinski definition) is 1. The lowest BCUT2D eigenvalue weighted by atomic mass is 10.0. The van der Waals surface area contributed by atoms with Crippen LogP contribution in [0.2, 0.25) is 0 Å². The van der Waals surface area contributed by atoms with Crippen molar-refractivity contribution in [1.29, 1.82) is 0 Å². The van der Waals surface area contributed by atoms with Crippen LogP contribution in [0.15, 0.2) is 28.9 Å². The van der Waals surface area contributed by atoms with Gasteiger partial charge in [-0.2, -0.15) is 0 Å². The summed E-state index contributed by atoms with van der Waals surface area (Å²) in [7, 11) is 2.94. The molecule has 0 aliphatic rings. The number of aryl methyl sites for hydroxylation is 1. The molecule has 1 heterocycles. The molecule has 1 atom stereocenters. The minimum atomic E-state index is -0.685. The number of nitrogens with two attached hydrogens (primary N) is 1. The van der Waals surface area contributed by atoms with Crippen LogP contribution in [-0.4, -0.2) is 14.2 Å². The first kappa shape index (κ1) is 13.4. The molecule has 0 aliphatic heterocycles. The average molecular weight is 265 g/mol. The molecule has 102 valence electrons. The largest absolute Gasteiger partial charge is 0.493 e. The third-order valence-corrected chi connectivity index (χ3v) is 3.02. The van der Waals surface area contributed by atoms with Gasteiger partial charge in [0.1, 0.15) is 11.6 Å². The minimum absolute atomic E-state index is 0.302. The third-order valence-electron chi connectivity index (χ3n) is 3.02. The first-order valence-corrected chi connectivity index (χ1v) is 5.79. The van der Waals surface area contributed by atoms with Gasteiger partial charge in [0.05, 0.1) is 26.5 Å². The zero-order valence-corrected chi connectivity index (χ0v) is 11.1. The van der Waals surface area contributed by atoms with Crippen molar-refractivity contribution < 1.29 is 18.3 Å². The number of benzene rings is 1. The van der Waals surface area contributed by atoms with Gasteiger partial charge in [-0.3, -0.25) is 0 Å². The van der Waals surface area contributed by atoms with Crippen LogP contribution >= 0.6 is 0 Å². The molecule has 19 heavy (non-hydrogen) atoms. The lowest BCUT2D eigenvalue weighted by Gasteiger charge is -2.15. The standard InChI is InChI=1S/C14H16FNO3/c1-8-4-5-19-14(8)13(16)9-6-11(17-2)12(18-3)7-10(9)15/h4-7,13H,16H2,1-3H3. The van der Waals surface area contributed by atoms with Gasteiger partial charge in [0.25, 0.3) is 0 Å². The van der Waals surface area contributed by atoms with Gasteiger partial charge in [0.15, 0.2) is 11.5 Å². The normalized spacial score (nSPS) is 12.3. The molecule has 0 aliphatic carbocycles. The van der Waals surface area contributed by atoms with E-state index in [0.29, 0.717) is 22.8 Å². The van der Waals surface area contributed by atoms with Crippen LogP contribution in [0.4, 0.5) is 4.39 Å². The Morgan fingerprint density at radius 2 is 1.84 bits per heavy atom. The molecule has 0 amide bonds. The highest BCUT2D eigenvalue weighted by Crippen LogP contribution is 2.34. The van der Waals surface area contributed by atoms with Gasteiger partial charge < -0.3 is 19.6 Å². The highest BCUT2D eigenvalue weighted by atomic mass is 19.1. The second-order valence-electron chi connectivity index (χ2n) is 4.17. The van der Waals surface area contributed by atoms with Gasteiger partial charge in [0.2, 0.25) is 0 Å². The Labute approximate surface area is 110 Å². The van der Waals surface area contributed by atoms with Crippen LogP contribution in [0.25, 0.3) is 0 Å². The number of methoxy groups -OCH3 is 2. The average Bonchev–Trinajstić information content (AvgIpc) is 2.83. The van der Waals surface area contributed by atoms with Gasteiger partial charge in [-0.05, 0) is 24.6 Å². The molecule has 2 N–H and O–H groups in total. The molecule has 1 aromatic heterocycles. The lowest BCUT2D eigenvalue weighted by molar-refractivity contribution is 0.350. The lowest BCUT2D eigenvalue weighted by Crippen LogP contribution is -2.14. The molecular weight excluding hydrogens is 249 g/mol. The Bertz CT molecular complexity index is 580. The van der Waals surface area contributed by atoms with E-state index in [4.69, 9.17) is 19.6 Å². The first-order chi connectivity index (χ1) is 9.08. The minimum Gasteiger partial charge on any atom is -0.493 e. The third kappa shape index (κ3) is 2.42. The summed E-state index contributed by atoms with van der Waals surface area (Å²) in [6, 6.07) is 3.89. The number of hydrogen-bond acceptors (Lipinski definition) is 4. The highest BCUT2D eigenvalue weighted by Gasteiger charge is 2.21. The summed E-state index contributed by atoms with van der Waals surface area (Å²) in [4.78, 5) is 0. The summed E-state index contributed by atoms with van der Waals surface area (Å²) in [6.45, 7) is 1.86. The second kappa shape index (κ2) is 5.32. The molecule has 0 radical (unpaired) electrons.